The Labute approximate surface area is 112 Å². The molecule has 0 radical (unpaired) electrons. The normalized spacial score (nSPS) is 26.1. The van der Waals surface area contributed by atoms with E-state index in [4.69, 9.17) is 11.6 Å². The highest BCUT2D eigenvalue weighted by Gasteiger charge is 2.54. The van der Waals surface area contributed by atoms with Gasteiger partial charge in [-0.3, -0.25) is 9.59 Å². The molecule has 18 heavy (non-hydrogen) atoms. The van der Waals surface area contributed by atoms with E-state index in [0.717, 1.165) is 25.7 Å². The number of halogens is 1. The molecule has 2 aliphatic rings. The molecular formula is C13H19ClN2O2. The van der Waals surface area contributed by atoms with Gasteiger partial charge in [-0.1, -0.05) is 30.5 Å². The molecule has 1 aliphatic heterocycles. The summed E-state index contributed by atoms with van der Waals surface area (Å²) >= 11 is 5.53. The second-order valence-electron chi connectivity index (χ2n) is 5.58. The summed E-state index contributed by atoms with van der Waals surface area (Å²) in [6.45, 7) is 3.92. The topological polar surface area (TPSA) is 49.4 Å². The molecule has 4 nitrogen and oxygen atoms in total. The van der Waals surface area contributed by atoms with Crippen molar-refractivity contribution in [1.29, 1.82) is 0 Å². The van der Waals surface area contributed by atoms with Gasteiger partial charge in [-0.2, -0.15) is 0 Å². The minimum atomic E-state index is -0.818. The first kappa shape index (κ1) is 13.4. The van der Waals surface area contributed by atoms with Crippen molar-refractivity contribution in [2.75, 3.05) is 6.54 Å². The first-order valence-electron chi connectivity index (χ1n) is 6.34. The average molecular weight is 271 g/mol. The number of hydrogen-bond donors (Lipinski definition) is 1. The summed E-state index contributed by atoms with van der Waals surface area (Å²) in [5.74, 6) is -0.0497. The standard InChI is InChI=1S/C13H19ClN2O2/c1-12(2)10(17)15-13(6-3-4-7-13)11(18)16(12)9-5-8-14/h5,8H,3-4,6-7,9H2,1-2H3,(H,15,17)/b8-5+. The third-order valence-electron chi connectivity index (χ3n) is 4.07. The van der Waals surface area contributed by atoms with E-state index < -0.39 is 11.1 Å². The zero-order valence-corrected chi connectivity index (χ0v) is 11.6. The van der Waals surface area contributed by atoms with E-state index in [1.807, 2.05) is 0 Å². The van der Waals surface area contributed by atoms with Crippen molar-refractivity contribution in [3.63, 3.8) is 0 Å². The van der Waals surface area contributed by atoms with Gasteiger partial charge in [-0.15, -0.1) is 0 Å². The predicted molar refractivity (Wildman–Crippen MR) is 70.1 cm³/mol. The second-order valence-corrected chi connectivity index (χ2v) is 5.83. The quantitative estimate of drug-likeness (QED) is 0.832. The van der Waals surface area contributed by atoms with Gasteiger partial charge in [0.2, 0.25) is 11.8 Å². The first-order chi connectivity index (χ1) is 8.44. The summed E-state index contributed by atoms with van der Waals surface area (Å²) in [4.78, 5) is 26.5. The molecule has 0 aromatic carbocycles. The van der Waals surface area contributed by atoms with E-state index >= 15 is 0 Å². The maximum absolute atomic E-state index is 12.7. The fraction of sp³-hybridized carbons (Fsp3) is 0.692. The highest BCUT2D eigenvalue weighted by molar-refractivity contribution is 6.25. The van der Waals surface area contributed by atoms with Crippen molar-refractivity contribution in [3.05, 3.63) is 11.6 Å². The Bertz CT molecular complexity index is 398. The van der Waals surface area contributed by atoms with Crippen LogP contribution in [0.4, 0.5) is 0 Å². The Balaban J connectivity index is 2.32. The van der Waals surface area contributed by atoms with Crippen LogP contribution in [0, 0.1) is 0 Å². The molecule has 0 bridgehead atoms. The Morgan fingerprint density at radius 3 is 2.50 bits per heavy atom. The summed E-state index contributed by atoms with van der Waals surface area (Å²) < 4.78 is 0. The molecule has 0 aromatic rings. The van der Waals surface area contributed by atoms with Crippen LogP contribution in [-0.2, 0) is 9.59 Å². The lowest BCUT2D eigenvalue weighted by Crippen LogP contribution is -2.73. The van der Waals surface area contributed by atoms with Gasteiger partial charge in [0, 0.05) is 12.1 Å². The van der Waals surface area contributed by atoms with Crippen molar-refractivity contribution in [2.45, 2.75) is 50.6 Å². The first-order valence-corrected chi connectivity index (χ1v) is 6.78. The highest BCUT2D eigenvalue weighted by Crippen LogP contribution is 2.37. The lowest BCUT2D eigenvalue weighted by atomic mass is 9.86. The van der Waals surface area contributed by atoms with E-state index in [1.165, 1.54) is 5.54 Å². The summed E-state index contributed by atoms with van der Waals surface area (Å²) in [5, 5.41) is 2.95. The monoisotopic (exact) mass is 270 g/mol. The largest absolute Gasteiger partial charge is 0.340 e. The fourth-order valence-electron chi connectivity index (χ4n) is 2.83. The van der Waals surface area contributed by atoms with E-state index in [1.54, 1.807) is 24.8 Å². The predicted octanol–water partition coefficient (Wildman–Crippen LogP) is 1.79. The molecule has 5 heteroatoms. The van der Waals surface area contributed by atoms with Crippen molar-refractivity contribution in [2.24, 2.45) is 0 Å². The van der Waals surface area contributed by atoms with Gasteiger partial charge < -0.3 is 10.2 Å². The summed E-state index contributed by atoms with van der Waals surface area (Å²) in [6, 6.07) is 0. The number of carbonyl (C=O) groups excluding carboxylic acids is 2. The van der Waals surface area contributed by atoms with E-state index in [9.17, 15) is 9.59 Å². The molecule has 0 unspecified atom stereocenters. The van der Waals surface area contributed by atoms with Gasteiger partial charge in [0.25, 0.3) is 0 Å². The summed E-state index contributed by atoms with van der Waals surface area (Å²) in [6.07, 6.45) is 5.17. The van der Waals surface area contributed by atoms with Crippen molar-refractivity contribution in [3.8, 4) is 0 Å². The molecule has 2 fully saturated rings. The van der Waals surface area contributed by atoms with E-state index in [-0.39, 0.29) is 11.8 Å². The second kappa shape index (κ2) is 4.57. The van der Waals surface area contributed by atoms with Gasteiger partial charge in [0.15, 0.2) is 0 Å². The smallest absolute Gasteiger partial charge is 0.249 e. The third kappa shape index (κ3) is 1.92. The molecular weight excluding hydrogens is 252 g/mol. The number of nitrogens with one attached hydrogen (secondary N) is 1. The van der Waals surface area contributed by atoms with E-state index in [2.05, 4.69) is 5.32 Å². The van der Waals surface area contributed by atoms with Gasteiger partial charge in [0.05, 0.1) is 0 Å². The number of rotatable bonds is 2. The molecule has 2 amide bonds. The summed E-state index contributed by atoms with van der Waals surface area (Å²) in [7, 11) is 0. The molecule has 1 heterocycles. The van der Waals surface area contributed by atoms with Gasteiger partial charge >= 0.3 is 0 Å². The van der Waals surface area contributed by atoms with Crippen LogP contribution < -0.4 is 5.32 Å². The van der Waals surface area contributed by atoms with Crippen molar-refractivity contribution >= 4 is 23.4 Å². The molecule has 2 rings (SSSR count). The van der Waals surface area contributed by atoms with Crippen LogP contribution >= 0.6 is 11.6 Å². The number of hydrogen-bond acceptors (Lipinski definition) is 2. The Morgan fingerprint density at radius 1 is 1.33 bits per heavy atom. The average Bonchev–Trinajstić information content (AvgIpc) is 2.77. The zero-order chi connectivity index (χ0) is 13.4. The van der Waals surface area contributed by atoms with Crippen molar-refractivity contribution < 1.29 is 9.59 Å². The van der Waals surface area contributed by atoms with E-state index in [0.29, 0.717) is 6.54 Å². The Kier molecular flexibility index (Phi) is 3.41. The molecule has 0 aromatic heterocycles. The number of amides is 2. The molecule has 0 atom stereocenters. The molecule has 1 saturated carbocycles. The maximum Gasteiger partial charge on any atom is 0.249 e. The lowest BCUT2D eigenvalue weighted by molar-refractivity contribution is -0.160. The highest BCUT2D eigenvalue weighted by atomic mass is 35.5. The molecule has 1 aliphatic carbocycles. The SMILES string of the molecule is CC1(C)C(=O)NC2(CCCC2)C(=O)N1C/C=C/Cl. The Morgan fingerprint density at radius 2 is 1.94 bits per heavy atom. The maximum atomic E-state index is 12.7. The van der Waals surface area contributed by atoms with Crippen LogP contribution in [0.1, 0.15) is 39.5 Å². The van der Waals surface area contributed by atoms with Gasteiger partial charge in [-0.05, 0) is 26.7 Å². The summed E-state index contributed by atoms with van der Waals surface area (Å²) in [5.41, 5.74) is -0.0920. The fourth-order valence-corrected chi connectivity index (χ4v) is 2.91. The number of carbonyl (C=O) groups is 2. The van der Waals surface area contributed by atoms with Gasteiger partial charge in [0.1, 0.15) is 11.1 Å². The minimum absolute atomic E-state index is 0.0272. The van der Waals surface area contributed by atoms with Crippen LogP contribution in [0.15, 0.2) is 11.6 Å². The van der Waals surface area contributed by atoms with Crippen molar-refractivity contribution in [1.82, 2.24) is 10.2 Å². The van der Waals surface area contributed by atoms with Crippen LogP contribution in [0.5, 0.6) is 0 Å². The Hall–Kier alpha value is -1.03. The van der Waals surface area contributed by atoms with Gasteiger partial charge in [-0.25, -0.2) is 0 Å². The van der Waals surface area contributed by atoms with Crippen LogP contribution in [0.25, 0.3) is 0 Å². The molecule has 100 valence electrons. The minimum Gasteiger partial charge on any atom is -0.340 e. The molecule has 1 spiro atoms. The molecule has 1 N–H and O–H groups in total. The zero-order valence-electron chi connectivity index (χ0n) is 10.8. The van der Waals surface area contributed by atoms with Crippen LogP contribution in [0.3, 0.4) is 0 Å². The number of piperazine rings is 1. The lowest BCUT2D eigenvalue weighted by Gasteiger charge is -2.48. The van der Waals surface area contributed by atoms with Crippen LogP contribution in [-0.4, -0.2) is 34.3 Å². The third-order valence-corrected chi connectivity index (χ3v) is 4.25. The van der Waals surface area contributed by atoms with Crippen LogP contribution in [0.2, 0.25) is 0 Å². The molecule has 1 saturated heterocycles. The number of nitrogens with zero attached hydrogens (tertiary/aromatic N) is 1.